The van der Waals surface area contributed by atoms with Gasteiger partial charge < -0.3 is 14.6 Å². The van der Waals surface area contributed by atoms with Crippen molar-refractivity contribution in [2.45, 2.75) is 0 Å². The number of hydrogen-bond donors (Lipinski definition) is 1. The average molecular weight is 242 g/mol. The molecule has 0 saturated carbocycles. The number of aromatic carboxylic acids is 1. The fourth-order valence-electron chi connectivity index (χ4n) is 1.22. The van der Waals surface area contributed by atoms with Crippen LogP contribution < -0.4 is 9.47 Å². The van der Waals surface area contributed by atoms with E-state index in [4.69, 9.17) is 14.6 Å². The van der Waals surface area contributed by atoms with E-state index in [1.165, 1.54) is 13.2 Å². The van der Waals surface area contributed by atoms with E-state index < -0.39 is 5.97 Å². The Bertz CT molecular complexity index is 365. The van der Waals surface area contributed by atoms with Crippen molar-refractivity contribution in [3.8, 4) is 11.5 Å². The van der Waals surface area contributed by atoms with Crippen LogP contribution in [0.5, 0.6) is 11.5 Å². The van der Waals surface area contributed by atoms with Gasteiger partial charge >= 0.3 is 5.97 Å². The highest BCUT2D eigenvalue weighted by molar-refractivity contribution is 7.98. The third kappa shape index (κ3) is 3.06. The van der Waals surface area contributed by atoms with Crippen molar-refractivity contribution in [3.63, 3.8) is 0 Å². The third-order valence-corrected chi connectivity index (χ3v) is 2.54. The molecule has 0 fully saturated rings. The quantitative estimate of drug-likeness (QED) is 0.774. The maximum Gasteiger partial charge on any atom is 0.339 e. The monoisotopic (exact) mass is 242 g/mol. The van der Waals surface area contributed by atoms with Gasteiger partial charge in [0.05, 0.1) is 13.7 Å². The number of thioether (sulfide) groups is 1. The largest absolute Gasteiger partial charge is 0.493 e. The first-order valence-electron chi connectivity index (χ1n) is 4.72. The van der Waals surface area contributed by atoms with E-state index in [-0.39, 0.29) is 5.56 Å². The van der Waals surface area contributed by atoms with E-state index in [0.29, 0.717) is 18.1 Å². The smallest absolute Gasteiger partial charge is 0.339 e. The molecule has 88 valence electrons. The van der Waals surface area contributed by atoms with Gasteiger partial charge in [0.1, 0.15) is 5.56 Å². The molecule has 1 N–H and O–H groups in total. The third-order valence-electron chi connectivity index (χ3n) is 1.96. The Kier molecular flexibility index (Phi) is 4.98. The fourth-order valence-corrected chi connectivity index (χ4v) is 1.47. The van der Waals surface area contributed by atoms with Gasteiger partial charge in [-0.05, 0) is 18.4 Å². The van der Waals surface area contributed by atoms with Gasteiger partial charge in [0, 0.05) is 5.75 Å². The van der Waals surface area contributed by atoms with E-state index in [9.17, 15) is 4.79 Å². The molecule has 0 aromatic heterocycles. The van der Waals surface area contributed by atoms with Crippen LogP contribution in [0, 0.1) is 0 Å². The zero-order valence-electron chi connectivity index (χ0n) is 9.23. The van der Waals surface area contributed by atoms with Crippen LogP contribution in [0.25, 0.3) is 0 Å². The zero-order valence-corrected chi connectivity index (χ0v) is 10.0. The predicted molar refractivity (Wildman–Crippen MR) is 63.8 cm³/mol. The maximum absolute atomic E-state index is 11.0. The van der Waals surface area contributed by atoms with Crippen molar-refractivity contribution in [3.05, 3.63) is 23.8 Å². The standard InChI is InChI=1S/C11H14O4S/c1-14-9-5-3-4-8(11(12)13)10(9)15-6-7-16-2/h3-5H,6-7H2,1-2H3,(H,12,13). The average Bonchev–Trinajstić information content (AvgIpc) is 2.29. The summed E-state index contributed by atoms with van der Waals surface area (Å²) in [6, 6.07) is 4.81. The lowest BCUT2D eigenvalue weighted by Gasteiger charge is -2.12. The Hall–Kier alpha value is -1.36. The topological polar surface area (TPSA) is 55.8 Å². The summed E-state index contributed by atoms with van der Waals surface area (Å²) in [7, 11) is 1.49. The molecule has 0 aliphatic carbocycles. The molecule has 0 radical (unpaired) electrons. The lowest BCUT2D eigenvalue weighted by atomic mass is 10.2. The maximum atomic E-state index is 11.0. The molecule has 5 heteroatoms. The number of rotatable bonds is 6. The molecule has 1 aromatic carbocycles. The van der Waals surface area contributed by atoms with Crippen LogP contribution in [0.1, 0.15) is 10.4 Å². The summed E-state index contributed by atoms with van der Waals surface area (Å²) >= 11 is 1.64. The predicted octanol–water partition coefficient (Wildman–Crippen LogP) is 2.14. The second kappa shape index (κ2) is 6.27. The van der Waals surface area contributed by atoms with Crippen LogP contribution in [0.2, 0.25) is 0 Å². The Morgan fingerprint density at radius 1 is 1.50 bits per heavy atom. The molecule has 16 heavy (non-hydrogen) atoms. The number of hydrogen-bond acceptors (Lipinski definition) is 4. The second-order valence-corrected chi connectivity index (χ2v) is 3.97. The Labute approximate surface area is 98.6 Å². The molecule has 1 aromatic rings. The molecule has 0 heterocycles. The van der Waals surface area contributed by atoms with Crippen LogP contribution in [-0.2, 0) is 0 Å². The highest BCUT2D eigenvalue weighted by atomic mass is 32.2. The van der Waals surface area contributed by atoms with Crippen LogP contribution >= 0.6 is 11.8 Å². The number of carboxylic acid groups (broad SMARTS) is 1. The van der Waals surface area contributed by atoms with Gasteiger partial charge in [0.2, 0.25) is 0 Å². The van der Waals surface area contributed by atoms with E-state index in [0.717, 1.165) is 5.75 Å². The number of methoxy groups -OCH3 is 1. The molecule has 4 nitrogen and oxygen atoms in total. The van der Waals surface area contributed by atoms with Gasteiger partial charge in [0.15, 0.2) is 11.5 Å². The zero-order chi connectivity index (χ0) is 12.0. The Balaban J connectivity index is 2.95. The summed E-state index contributed by atoms with van der Waals surface area (Å²) in [5, 5.41) is 9.00. The number of para-hydroxylation sites is 1. The minimum absolute atomic E-state index is 0.125. The van der Waals surface area contributed by atoms with Gasteiger partial charge in [0.25, 0.3) is 0 Å². The van der Waals surface area contributed by atoms with E-state index in [1.807, 2.05) is 6.26 Å². The summed E-state index contributed by atoms with van der Waals surface area (Å²) in [5.74, 6) is 0.530. The summed E-state index contributed by atoms with van der Waals surface area (Å²) in [5.41, 5.74) is 0.125. The normalized spacial score (nSPS) is 9.88. The molecule has 0 aliphatic heterocycles. The van der Waals surface area contributed by atoms with Gasteiger partial charge in [-0.1, -0.05) is 6.07 Å². The minimum atomic E-state index is -1.02. The molecular formula is C11H14O4S. The lowest BCUT2D eigenvalue weighted by molar-refractivity contribution is 0.0692. The van der Waals surface area contributed by atoms with Crippen molar-refractivity contribution in [2.24, 2.45) is 0 Å². The first kappa shape index (κ1) is 12.7. The van der Waals surface area contributed by atoms with E-state index in [2.05, 4.69) is 0 Å². The van der Waals surface area contributed by atoms with Crippen LogP contribution in [0.4, 0.5) is 0 Å². The molecule has 0 spiro atoms. The van der Waals surface area contributed by atoms with Crippen molar-refractivity contribution >= 4 is 17.7 Å². The van der Waals surface area contributed by atoms with Crippen LogP contribution in [0.3, 0.4) is 0 Å². The van der Waals surface area contributed by atoms with Gasteiger partial charge in [-0.15, -0.1) is 0 Å². The number of ether oxygens (including phenoxy) is 2. The van der Waals surface area contributed by atoms with Gasteiger partial charge in [-0.25, -0.2) is 4.79 Å². The first-order chi connectivity index (χ1) is 7.70. The van der Waals surface area contributed by atoms with E-state index in [1.54, 1.807) is 23.9 Å². The van der Waals surface area contributed by atoms with Crippen molar-refractivity contribution in [1.29, 1.82) is 0 Å². The molecule has 0 unspecified atom stereocenters. The van der Waals surface area contributed by atoms with Crippen molar-refractivity contribution in [1.82, 2.24) is 0 Å². The molecular weight excluding hydrogens is 228 g/mol. The molecule has 1 rings (SSSR count). The highest BCUT2D eigenvalue weighted by Gasteiger charge is 2.15. The summed E-state index contributed by atoms with van der Waals surface area (Å²) in [6.45, 7) is 0.460. The molecule has 0 bridgehead atoms. The molecule has 0 atom stereocenters. The Morgan fingerprint density at radius 2 is 2.25 bits per heavy atom. The van der Waals surface area contributed by atoms with Gasteiger partial charge in [-0.2, -0.15) is 11.8 Å². The number of carboxylic acids is 1. The summed E-state index contributed by atoms with van der Waals surface area (Å²) < 4.78 is 10.5. The molecule has 0 aliphatic rings. The molecule has 0 amide bonds. The molecule has 0 saturated heterocycles. The first-order valence-corrected chi connectivity index (χ1v) is 6.12. The van der Waals surface area contributed by atoms with Crippen LogP contribution in [-0.4, -0.2) is 36.8 Å². The number of benzene rings is 1. The Morgan fingerprint density at radius 3 is 2.81 bits per heavy atom. The second-order valence-electron chi connectivity index (χ2n) is 2.98. The number of carbonyl (C=O) groups is 1. The van der Waals surface area contributed by atoms with Crippen molar-refractivity contribution in [2.75, 3.05) is 25.7 Å². The van der Waals surface area contributed by atoms with E-state index >= 15 is 0 Å². The minimum Gasteiger partial charge on any atom is -0.493 e. The summed E-state index contributed by atoms with van der Waals surface area (Å²) in [6.07, 6.45) is 1.96. The lowest BCUT2D eigenvalue weighted by Crippen LogP contribution is -2.07. The van der Waals surface area contributed by atoms with Crippen molar-refractivity contribution < 1.29 is 19.4 Å². The summed E-state index contributed by atoms with van der Waals surface area (Å²) in [4.78, 5) is 11.0. The van der Waals surface area contributed by atoms with Gasteiger partial charge in [-0.3, -0.25) is 0 Å². The SMILES string of the molecule is COc1cccc(C(=O)O)c1OCCSC. The highest BCUT2D eigenvalue weighted by Crippen LogP contribution is 2.31. The fraction of sp³-hybridized carbons (Fsp3) is 0.364. The van der Waals surface area contributed by atoms with Crippen LogP contribution in [0.15, 0.2) is 18.2 Å².